The first kappa shape index (κ1) is 15.4. The largest absolute Gasteiger partial charge is 0.352 e. The summed E-state index contributed by atoms with van der Waals surface area (Å²) in [6, 6.07) is 0.428. The smallest absolute Gasteiger partial charge is 0.237 e. The van der Waals surface area contributed by atoms with Crippen LogP contribution in [0.15, 0.2) is 0 Å². The van der Waals surface area contributed by atoms with Crippen molar-refractivity contribution >= 4 is 5.91 Å². The van der Waals surface area contributed by atoms with Crippen molar-refractivity contribution in [3.63, 3.8) is 0 Å². The molecule has 1 amide bonds. The Morgan fingerprint density at radius 2 is 1.75 bits per heavy atom. The van der Waals surface area contributed by atoms with Crippen LogP contribution in [0.1, 0.15) is 34.1 Å². The molecule has 0 saturated carbocycles. The normalized spacial score (nSPS) is 16.9. The van der Waals surface area contributed by atoms with E-state index in [1.807, 2.05) is 27.9 Å². The first-order valence-corrected chi connectivity index (χ1v) is 6.08. The lowest BCUT2D eigenvalue weighted by molar-refractivity contribution is -0.123. The van der Waals surface area contributed by atoms with Crippen LogP contribution in [0.4, 0.5) is 0 Å². The second-order valence-corrected chi connectivity index (χ2v) is 4.87. The van der Waals surface area contributed by atoms with Gasteiger partial charge in [0.05, 0.1) is 6.04 Å². The number of hydrogen-bond donors (Lipinski definition) is 2. The molecule has 4 heteroatoms. The van der Waals surface area contributed by atoms with Crippen LogP contribution in [0.5, 0.6) is 0 Å². The third-order valence-corrected chi connectivity index (χ3v) is 2.57. The molecule has 2 N–H and O–H groups in total. The monoisotopic (exact) mass is 229 g/mol. The molecule has 0 spiro atoms. The van der Waals surface area contributed by atoms with Gasteiger partial charge >= 0.3 is 0 Å². The summed E-state index contributed by atoms with van der Waals surface area (Å²) in [5.74, 6) is 0.0833. The minimum atomic E-state index is -0.135. The summed E-state index contributed by atoms with van der Waals surface area (Å²) in [7, 11) is 4.06. The molecule has 0 aromatic heterocycles. The highest BCUT2D eigenvalue weighted by molar-refractivity contribution is 5.81. The number of hydrogen-bond acceptors (Lipinski definition) is 3. The van der Waals surface area contributed by atoms with Crippen molar-refractivity contribution in [2.24, 2.45) is 0 Å². The van der Waals surface area contributed by atoms with Crippen molar-refractivity contribution in [2.75, 3.05) is 20.6 Å². The highest BCUT2D eigenvalue weighted by Gasteiger charge is 2.16. The lowest BCUT2D eigenvalue weighted by Crippen LogP contribution is -2.50. The molecule has 4 nitrogen and oxygen atoms in total. The summed E-state index contributed by atoms with van der Waals surface area (Å²) in [6.45, 7) is 9.02. The van der Waals surface area contributed by atoms with Gasteiger partial charge in [0.15, 0.2) is 0 Å². The summed E-state index contributed by atoms with van der Waals surface area (Å²) >= 11 is 0. The molecule has 0 aromatic rings. The Balaban J connectivity index is 3.95. The van der Waals surface area contributed by atoms with Gasteiger partial charge in [-0.1, -0.05) is 6.92 Å². The fraction of sp³-hybridized carbons (Fsp3) is 0.917. The number of rotatable bonds is 7. The first-order chi connectivity index (χ1) is 7.36. The molecule has 0 aliphatic heterocycles. The predicted molar refractivity (Wildman–Crippen MR) is 68.5 cm³/mol. The van der Waals surface area contributed by atoms with Gasteiger partial charge in [0.25, 0.3) is 0 Å². The Bertz CT molecular complexity index is 206. The number of carbonyl (C=O) groups is 1. The van der Waals surface area contributed by atoms with E-state index in [1.165, 1.54) is 0 Å². The van der Waals surface area contributed by atoms with Crippen molar-refractivity contribution in [3.8, 4) is 0 Å². The molecular formula is C12H27N3O. The molecular weight excluding hydrogens is 202 g/mol. The minimum Gasteiger partial charge on any atom is -0.352 e. The van der Waals surface area contributed by atoms with Gasteiger partial charge < -0.3 is 15.5 Å². The Labute approximate surface area is 99.8 Å². The molecule has 0 aliphatic carbocycles. The van der Waals surface area contributed by atoms with Crippen LogP contribution in [0.3, 0.4) is 0 Å². The first-order valence-electron chi connectivity index (χ1n) is 6.08. The van der Waals surface area contributed by atoms with Crippen LogP contribution in [0, 0.1) is 0 Å². The summed E-state index contributed by atoms with van der Waals surface area (Å²) in [5, 5.41) is 6.26. The van der Waals surface area contributed by atoms with E-state index in [2.05, 4.69) is 29.4 Å². The van der Waals surface area contributed by atoms with Gasteiger partial charge in [0, 0.05) is 18.6 Å². The number of nitrogens with zero attached hydrogens (tertiary/aromatic N) is 1. The van der Waals surface area contributed by atoms with Gasteiger partial charge in [-0.05, 0) is 41.3 Å². The van der Waals surface area contributed by atoms with Gasteiger partial charge in [-0.25, -0.2) is 0 Å². The van der Waals surface area contributed by atoms with E-state index in [1.54, 1.807) is 0 Å². The fourth-order valence-corrected chi connectivity index (χ4v) is 1.57. The van der Waals surface area contributed by atoms with E-state index in [0.29, 0.717) is 6.04 Å². The highest BCUT2D eigenvalue weighted by atomic mass is 16.2. The van der Waals surface area contributed by atoms with E-state index in [0.717, 1.165) is 13.0 Å². The van der Waals surface area contributed by atoms with Crippen LogP contribution < -0.4 is 10.6 Å². The second kappa shape index (κ2) is 7.63. The number of carbonyl (C=O) groups excluding carboxylic acids is 1. The van der Waals surface area contributed by atoms with Crippen LogP contribution in [-0.2, 0) is 4.79 Å². The molecule has 0 saturated heterocycles. The van der Waals surface area contributed by atoms with Crippen molar-refractivity contribution in [2.45, 2.75) is 52.2 Å². The van der Waals surface area contributed by atoms with Gasteiger partial charge in [0.2, 0.25) is 5.91 Å². The molecule has 0 radical (unpaired) electrons. The molecule has 0 fully saturated rings. The Morgan fingerprint density at radius 1 is 1.19 bits per heavy atom. The SMILES string of the molecule is CCC(C)NC(=O)C(C)NC(C)CN(C)C. The molecule has 0 heterocycles. The maximum absolute atomic E-state index is 11.7. The standard InChI is InChI=1S/C12H27N3O/c1-7-9(2)14-12(16)11(4)13-10(3)8-15(5)6/h9-11,13H,7-8H2,1-6H3,(H,14,16). The third-order valence-electron chi connectivity index (χ3n) is 2.57. The molecule has 0 rings (SSSR count). The molecule has 0 aromatic carbocycles. The van der Waals surface area contributed by atoms with Crippen molar-refractivity contribution in [3.05, 3.63) is 0 Å². The summed E-state index contributed by atoms with van der Waals surface area (Å²) in [4.78, 5) is 13.9. The maximum atomic E-state index is 11.7. The number of amides is 1. The topological polar surface area (TPSA) is 44.4 Å². The van der Waals surface area contributed by atoms with Gasteiger partial charge in [-0.3, -0.25) is 4.79 Å². The third kappa shape index (κ3) is 6.80. The predicted octanol–water partition coefficient (Wildman–Crippen LogP) is 0.829. The van der Waals surface area contributed by atoms with Gasteiger partial charge in [0.1, 0.15) is 0 Å². The lowest BCUT2D eigenvalue weighted by atomic mass is 10.2. The quantitative estimate of drug-likeness (QED) is 0.679. The minimum absolute atomic E-state index is 0.0833. The molecule has 3 atom stereocenters. The van der Waals surface area contributed by atoms with Crippen LogP contribution >= 0.6 is 0 Å². The van der Waals surface area contributed by atoms with E-state index in [-0.39, 0.29) is 18.0 Å². The zero-order valence-electron chi connectivity index (χ0n) is 11.5. The van der Waals surface area contributed by atoms with Crippen molar-refractivity contribution in [1.82, 2.24) is 15.5 Å². The molecule has 3 unspecified atom stereocenters. The maximum Gasteiger partial charge on any atom is 0.237 e. The Morgan fingerprint density at radius 3 is 2.19 bits per heavy atom. The van der Waals surface area contributed by atoms with Crippen LogP contribution in [-0.4, -0.2) is 49.6 Å². The van der Waals surface area contributed by atoms with E-state index < -0.39 is 0 Å². The Hall–Kier alpha value is -0.610. The summed E-state index contributed by atoms with van der Waals surface area (Å²) in [6.07, 6.45) is 0.964. The highest BCUT2D eigenvalue weighted by Crippen LogP contribution is 1.93. The van der Waals surface area contributed by atoms with Crippen molar-refractivity contribution in [1.29, 1.82) is 0 Å². The zero-order valence-corrected chi connectivity index (χ0v) is 11.5. The lowest BCUT2D eigenvalue weighted by Gasteiger charge is -2.23. The zero-order chi connectivity index (χ0) is 12.7. The average molecular weight is 229 g/mol. The fourth-order valence-electron chi connectivity index (χ4n) is 1.57. The van der Waals surface area contributed by atoms with Crippen LogP contribution in [0.25, 0.3) is 0 Å². The van der Waals surface area contributed by atoms with Gasteiger partial charge in [-0.2, -0.15) is 0 Å². The molecule has 0 aliphatic rings. The van der Waals surface area contributed by atoms with Crippen LogP contribution in [0.2, 0.25) is 0 Å². The summed E-state index contributed by atoms with van der Waals surface area (Å²) in [5.41, 5.74) is 0. The number of nitrogens with one attached hydrogen (secondary N) is 2. The van der Waals surface area contributed by atoms with E-state index in [4.69, 9.17) is 0 Å². The van der Waals surface area contributed by atoms with E-state index >= 15 is 0 Å². The summed E-state index contributed by atoms with van der Waals surface area (Å²) < 4.78 is 0. The van der Waals surface area contributed by atoms with Crippen molar-refractivity contribution < 1.29 is 4.79 Å². The Kier molecular flexibility index (Phi) is 7.34. The van der Waals surface area contributed by atoms with E-state index in [9.17, 15) is 4.79 Å². The average Bonchev–Trinajstić information content (AvgIpc) is 2.15. The molecule has 96 valence electrons. The molecule has 0 bridgehead atoms. The number of likely N-dealkylation sites (N-methyl/N-ethyl adjacent to an activating group) is 1. The molecule has 16 heavy (non-hydrogen) atoms. The second-order valence-electron chi connectivity index (χ2n) is 4.87. The van der Waals surface area contributed by atoms with Gasteiger partial charge in [-0.15, -0.1) is 0 Å².